The second-order valence-corrected chi connectivity index (χ2v) is 6.25. The first kappa shape index (κ1) is 16.8. The van der Waals surface area contributed by atoms with Crippen LogP contribution in [0.25, 0.3) is 0 Å². The molecule has 1 aromatic carbocycles. The van der Waals surface area contributed by atoms with Gasteiger partial charge in [0.2, 0.25) is 0 Å². The van der Waals surface area contributed by atoms with Gasteiger partial charge < -0.3 is 15.2 Å². The number of amides is 1. The Morgan fingerprint density at radius 2 is 2.15 bits per heavy atom. The van der Waals surface area contributed by atoms with E-state index in [1.54, 1.807) is 13.0 Å². The van der Waals surface area contributed by atoms with Crippen LogP contribution < -0.4 is 10.5 Å². The first-order valence-electron chi connectivity index (χ1n) is 6.28. The van der Waals surface area contributed by atoms with E-state index in [2.05, 4.69) is 15.9 Å². The number of benzene rings is 1. The molecule has 20 heavy (non-hydrogen) atoms. The fourth-order valence-corrected chi connectivity index (χ4v) is 2.39. The molecular weight excluding hydrogens is 329 g/mol. The van der Waals surface area contributed by atoms with Crippen LogP contribution in [0.3, 0.4) is 0 Å². The van der Waals surface area contributed by atoms with Crippen LogP contribution in [0.5, 0.6) is 5.75 Å². The number of primary amides is 1. The lowest BCUT2D eigenvalue weighted by Crippen LogP contribution is -2.41. The summed E-state index contributed by atoms with van der Waals surface area (Å²) in [5.74, 6) is -0.0979. The third-order valence-electron chi connectivity index (χ3n) is 2.61. The second kappa shape index (κ2) is 6.92. The molecule has 1 atom stereocenters. The zero-order chi connectivity index (χ0) is 15.3. The molecule has 0 saturated carbocycles. The monoisotopic (exact) mass is 347 g/mol. The zero-order valence-corrected chi connectivity index (χ0v) is 13.4. The molecule has 1 amide bonds. The number of hydrogen-bond donors (Lipinski definition) is 1. The summed E-state index contributed by atoms with van der Waals surface area (Å²) < 4.78 is 24.8. The molecule has 0 aliphatic heterocycles. The van der Waals surface area contributed by atoms with Crippen molar-refractivity contribution < 1.29 is 18.7 Å². The molecule has 0 aromatic heterocycles. The zero-order valence-electron chi connectivity index (χ0n) is 11.8. The molecule has 0 spiro atoms. The van der Waals surface area contributed by atoms with Crippen LogP contribution in [0.15, 0.2) is 22.7 Å². The Balaban J connectivity index is 2.77. The summed E-state index contributed by atoms with van der Waals surface area (Å²) in [5.41, 5.74) is 4.19. The van der Waals surface area contributed by atoms with Crippen LogP contribution in [0.1, 0.15) is 27.2 Å². The summed E-state index contributed by atoms with van der Waals surface area (Å²) in [5, 5.41) is 0. The van der Waals surface area contributed by atoms with Crippen LogP contribution in [0.2, 0.25) is 0 Å². The molecule has 0 fully saturated rings. The predicted molar refractivity (Wildman–Crippen MR) is 78.1 cm³/mol. The van der Waals surface area contributed by atoms with E-state index in [4.69, 9.17) is 15.2 Å². The van der Waals surface area contributed by atoms with Gasteiger partial charge in [0.05, 0.1) is 0 Å². The van der Waals surface area contributed by atoms with E-state index in [1.807, 2.05) is 13.8 Å². The van der Waals surface area contributed by atoms with E-state index in [0.717, 1.165) is 0 Å². The smallest absolute Gasteiger partial charge is 0.405 e. The Labute approximate surface area is 126 Å². The lowest BCUT2D eigenvalue weighted by Gasteiger charge is -2.30. The maximum absolute atomic E-state index is 13.7. The van der Waals surface area contributed by atoms with E-state index in [9.17, 15) is 9.18 Å². The normalized spacial score (nSPS) is 13.9. The second-order valence-electron chi connectivity index (χ2n) is 5.33. The molecule has 0 saturated heterocycles. The van der Waals surface area contributed by atoms with E-state index in [-0.39, 0.29) is 18.3 Å². The Bertz CT molecular complexity index is 481. The Morgan fingerprint density at radius 3 is 2.65 bits per heavy atom. The molecule has 0 aliphatic carbocycles. The van der Waals surface area contributed by atoms with Gasteiger partial charge in [-0.25, -0.2) is 9.18 Å². The third-order valence-corrected chi connectivity index (χ3v) is 3.11. The van der Waals surface area contributed by atoms with Gasteiger partial charge in [-0.15, -0.1) is 0 Å². The molecule has 1 rings (SSSR count). The number of carbonyl (C=O) groups excluding carboxylic acids is 1. The number of carbonyl (C=O) groups is 1. The molecule has 6 heteroatoms. The fraction of sp³-hybridized carbons (Fsp3) is 0.500. The van der Waals surface area contributed by atoms with Crippen molar-refractivity contribution >= 4 is 22.0 Å². The van der Waals surface area contributed by atoms with E-state index in [1.165, 1.54) is 12.1 Å². The van der Waals surface area contributed by atoms with Gasteiger partial charge in [-0.1, -0.05) is 29.8 Å². The minimum Gasteiger partial charge on any atom is -0.486 e. The maximum Gasteiger partial charge on any atom is 0.405 e. The molecule has 0 heterocycles. The van der Waals surface area contributed by atoms with Gasteiger partial charge in [-0.05, 0) is 37.5 Å². The Morgan fingerprint density at radius 1 is 1.50 bits per heavy atom. The minimum absolute atomic E-state index is 0.0344. The highest BCUT2D eigenvalue weighted by Crippen LogP contribution is 2.26. The predicted octanol–water partition coefficient (Wildman–Crippen LogP) is 3.87. The summed E-state index contributed by atoms with van der Waals surface area (Å²) in [6, 6.07) is 4.50. The Hall–Kier alpha value is -1.30. The van der Waals surface area contributed by atoms with Crippen molar-refractivity contribution in [3.63, 3.8) is 0 Å². The molecule has 0 unspecified atom stereocenters. The van der Waals surface area contributed by atoms with Crippen molar-refractivity contribution in [1.82, 2.24) is 0 Å². The molecule has 0 radical (unpaired) electrons. The highest BCUT2D eigenvalue weighted by molar-refractivity contribution is 9.10. The molecule has 0 bridgehead atoms. The van der Waals surface area contributed by atoms with Gasteiger partial charge in [0, 0.05) is 4.47 Å². The Kier molecular flexibility index (Phi) is 5.80. The van der Waals surface area contributed by atoms with Crippen molar-refractivity contribution in [3.05, 3.63) is 28.5 Å². The van der Waals surface area contributed by atoms with Crippen LogP contribution in [-0.2, 0) is 4.74 Å². The van der Waals surface area contributed by atoms with Crippen molar-refractivity contribution in [3.8, 4) is 5.75 Å². The molecule has 0 aliphatic rings. The van der Waals surface area contributed by atoms with Gasteiger partial charge in [0.15, 0.2) is 11.6 Å². The maximum atomic E-state index is 13.7. The number of rotatable bonds is 6. The largest absolute Gasteiger partial charge is 0.486 e. The fourth-order valence-electron chi connectivity index (χ4n) is 2.06. The van der Waals surface area contributed by atoms with Crippen molar-refractivity contribution in [2.45, 2.75) is 32.8 Å². The first-order chi connectivity index (χ1) is 9.22. The standard InChI is InChI=1S/C14H19BrFNO3/c1-9(2)7-14(3,20-13(17)18)8-19-12-5-4-10(15)6-11(12)16/h4-6,9H,7-8H2,1-3H3,(H2,17,18)/t14-/m0/s1. The van der Waals surface area contributed by atoms with E-state index >= 15 is 0 Å². The van der Waals surface area contributed by atoms with Crippen LogP contribution in [-0.4, -0.2) is 18.3 Å². The SMILES string of the molecule is CC(C)C[C@@](C)(COc1ccc(Br)cc1F)OC(N)=O. The van der Waals surface area contributed by atoms with E-state index < -0.39 is 17.5 Å². The van der Waals surface area contributed by atoms with Gasteiger partial charge >= 0.3 is 6.09 Å². The molecule has 112 valence electrons. The highest BCUT2D eigenvalue weighted by Gasteiger charge is 2.30. The lowest BCUT2D eigenvalue weighted by atomic mass is 9.95. The van der Waals surface area contributed by atoms with Crippen molar-refractivity contribution in [2.24, 2.45) is 11.7 Å². The van der Waals surface area contributed by atoms with Crippen LogP contribution >= 0.6 is 15.9 Å². The first-order valence-corrected chi connectivity index (χ1v) is 7.07. The molecular formula is C14H19BrFNO3. The summed E-state index contributed by atoms with van der Waals surface area (Å²) in [4.78, 5) is 11.0. The molecule has 4 nitrogen and oxygen atoms in total. The van der Waals surface area contributed by atoms with E-state index in [0.29, 0.717) is 10.9 Å². The summed E-state index contributed by atoms with van der Waals surface area (Å²) in [6.07, 6.45) is -0.304. The quantitative estimate of drug-likeness (QED) is 0.849. The summed E-state index contributed by atoms with van der Waals surface area (Å²) >= 11 is 3.17. The van der Waals surface area contributed by atoms with Gasteiger partial charge in [0.25, 0.3) is 0 Å². The molecule has 2 N–H and O–H groups in total. The van der Waals surface area contributed by atoms with Gasteiger partial charge in [0.1, 0.15) is 12.2 Å². The number of hydrogen-bond acceptors (Lipinski definition) is 3. The van der Waals surface area contributed by atoms with Crippen LogP contribution in [0, 0.1) is 11.7 Å². The average molecular weight is 348 g/mol. The highest BCUT2D eigenvalue weighted by atomic mass is 79.9. The summed E-state index contributed by atoms with van der Waals surface area (Å²) in [6.45, 7) is 5.73. The molecule has 1 aromatic rings. The van der Waals surface area contributed by atoms with Crippen molar-refractivity contribution in [2.75, 3.05) is 6.61 Å². The minimum atomic E-state index is -0.889. The third kappa shape index (κ3) is 5.36. The number of nitrogens with two attached hydrogens (primary N) is 1. The number of halogens is 2. The average Bonchev–Trinajstić information content (AvgIpc) is 2.25. The van der Waals surface area contributed by atoms with Gasteiger partial charge in [-0.3, -0.25) is 0 Å². The summed E-state index contributed by atoms with van der Waals surface area (Å²) in [7, 11) is 0. The number of ether oxygens (including phenoxy) is 2. The van der Waals surface area contributed by atoms with Crippen LogP contribution in [0.4, 0.5) is 9.18 Å². The lowest BCUT2D eigenvalue weighted by molar-refractivity contribution is -0.0193. The topological polar surface area (TPSA) is 61.6 Å². The van der Waals surface area contributed by atoms with Crippen molar-refractivity contribution in [1.29, 1.82) is 0 Å². The van der Waals surface area contributed by atoms with Gasteiger partial charge in [-0.2, -0.15) is 0 Å².